The first-order valence-corrected chi connectivity index (χ1v) is 7.60. The van der Waals surface area contributed by atoms with Gasteiger partial charge in [0.1, 0.15) is 22.1 Å². The van der Waals surface area contributed by atoms with Crippen LogP contribution in [-0.4, -0.2) is 38.9 Å². The largest absolute Gasteiger partial charge is 0.369 e. The zero-order valence-electron chi connectivity index (χ0n) is 12.7. The Morgan fingerprint density at radius 1 is 1.23 bits per heavy atom. The smallest absolute Gasteiger partial charge is 0.253 e. The van der Waals surface area contributed by atoms with Gasteiger partial charge in [0.15, 0.2) is 0 Å². The van der Waals surface area contributed by atoms with E-state index in [9.17, 15) is 9.59 Å². The van der Waals surface area contributed by atoms with E-state index in [2.05, 4.69) is 4.98 Å². The Hall–Kier alpha value is -2.14. The molecule has 0 N–H and O–H groups in total. The number of ketones is 2. The molecule has 1 aliphatic carbocycles. The lowest BCUT2D eigenvalue weighted by Gasteiger charge is -2.26. The highest BCUT2D eigenvalue weighted by Gasteiger charge is 2.37. The second kappa shape index (κ2) is 5.25. The van der Waals surface area contributed by atoms with Crippen molar-refractivity contribution in [1.29, 1.82) is 0 Å². The van der Waals surface area contributed by atoms with Crippen LogP contribution >= 0.6 is 11.6 Å². The van der Waals surface area contributed by atoms with Crippen molar-refractivity contribution in [2.45, 2.75) is 20.8 Å². The van der Waals surface area contributed by atoms with Crippen LogP contribution in [0, 0.1) is 6.92 Å². The van der Waals surface area contributed by atoms with Gasteiger partial charge in [-0.2, -0.15) is 0 Å². The van der Waals surface area contributed by atoms with Gasteiger partial charge in [-0.25, -0.2) is 4.98 Å². The lowest BCUT2D eigenvalue weighted by Crippen LogP contribution is -2.31. The third-order valence-electron chi connectivity index (χ3n) is 3.91. The van der Waals surface area contributed by atoms with Crippen LogP contribution < -0.4 is 0 Å². The lowest BCUT2D eigenvalue weighted by atomic mass is 10.0. The molecule has 2 aromatic rings. The number of aryl methyl sites for hydroxylation is 1. The van der Waals surface area contributed by atoms with Gasteiger partial charge in [0.05, 0.1) is 5.70 Å². The van der Waals surface area contributed by atoms with Crippen molar-refractivity contribution in [2.24, 2.45) is 0 Å². The Balaban J connectivity index is 2.37. The molecular formula is C16H16ClN3O2. The van der Waals surface area contributed by atoms with Crippen LogP contribution in [0.4, 0.5) is 0 Å². The molecule has 2 heterocycles. The average molecular weight is 318 g/mol. The van der Waals surface area contributed by atoms with Crippen molar-refractivity contribution >= 4 is 34.5 Å². The summed E-state index contributed by atoms with van der Waals surface area (Å²) in [6.07, 6.45) is 1.76. The van der Waals surface area contributed by atoms with Gasteiger partial charge in [0, 0.05) is 19.3 Å². The fourth-order valence-corrected chi connectivity index (χ4v) is 3.07. The summed E-state index contributed by atoms with van der Waals surface area (Å²) in [6, 6.07) is 3.76. The van der Waals surface area contributed by atoms with Crippen molar-refractivity contribution in [3.05, 3.63) is 40.3 Å². The number of allylic oxidation sites excluding steroid dienone is 1. The summed E-state index contributed by atoms with van der Waals surface area (Å²) in [7, 11) is 0. The quantitative estimate of drug-likeness (QED) is 0.817. The van der Waals surface area contributed by atoms with Crippen molar-refractivity contribution in [3.63, 3.8) is 0 Å². The first-order chi connectivity index (χ1) is 10.5. The molecule has 0 radical (unpaired) electrons. The molecule has 0 spiro atoms. The molecular weight excluding hydrogens is 302 g/mol. The summed E-state index contributed by atoms with van der Waals surface area (Å²) in [5.74, 6) is -1.27. The molecule has 0 bridgehead atoms. The number of nitrogens with zero attached hydrogens (tertiary/aromatic N) is 3. The van der Waals surface area contributed by atoms with Crippen molar-refractivity contribution in [2.75, 3.05) is 13.1 Å². The van der Waals surface area contributed by atoms with E-state index in [1.165, 1.54) is 0 Å². The molecule has 5 nitrogen and oxygen atoms in total. The van der Waals surface area contributed by atoms with Gasteiger partial charge in [-0.05, 0) is 38.5 Å². The van der Waals surface area contributed by atoms with Gasteiger partial charge in [-0.1, -0.05) is 11.6 Å². The fourth-order valence-electron chi connectivity index (χ4n) is 2.78. The summed E-state index contributed by atoms with van der Waals surface area (Å²) in [5.41, 5.74) is 3.01. The first-order valence-electron chi connectivity index (χ1n) is 7.22. The maximum absolute atomic E-state index is 12.4. The Morgan fingerprint density at radius 3 is 2.55 bits per heavy atom. The number of Topliss-reactive ketones (excluding diaryl/α,β-unsaturated/α-hetero) is 2. The van der Waals surface area contributed by atoms with Crippen LogP contribution in [0.3, 0.4) is 0 Å². The molecule has 3 rings (SSSR count). The molecule has 22 heavy (non-hydrogen) atoms. The zero-order valence-corrected chi connectivity index (χ0v) is 13.4. The molecule has 0 fully saturated rings. The normalized spacial score (nSPS) is 14.7. The van der Waals surface area contributed by atoms with E-state index in [-0.39, 0.29) is 5.03 Å². The minimum absolute atomic E-state index is 0.0404. The Morgan fingerprint density at radius 2 is 1.91 bits per heavy atom. The average Bonchev–Trinajstić information content (AvgIpc) is 2.87. The van der Waals surface area contributed by atoms with Gasteiger partial charge in [0.2, 0.25) is 5.78 Å². The topological polar surface area (TPSA) is 54.7 Å². The number of hydrogen-bond acceptors (Lipinski definition) is 4. The van der Waals surface area contributed by atoms with Crippen molar-refractivity contribution < 1.29 is 9.59 Å². The number of carbonyl (C=O) groups is 2. The predicted molar refractivity (Wildman–Crippen MR) is 85.0 cm³/mol. The maximum Gasteiger partial charge on any atom is 0.253 e. The number of pyridine rings is 1. The van der Waals surface area contributed by atoms with E-state index in [4.69, 9.17) is 11.6 Å². The van der Waals surface area contributed by atoms with E-state index in [0.717, 1.165) is 5.56 Å². The van der Waals surface area contributed by atoms with E-state index >= 15 is 0 Å². The van der Waals surface area contributed by atoms with Crippen LogP contribution in [0.15, 0.2) is 23.4 Å². The fraction of sp³-hybridized carbons (Fsp3) is 0.312. The van der Waals surface area contributed by atoms with E-state index in [1.807, 2.05) is 37.8 Å². The van der Waals surface area contributed by atoms with Gasteiger partial charge < -0.3 is 4.90 Å². The standard InChI is InChI=1S/C16H16ClN3O2/c1-4-19(5-2)13-11(17)15(21)16(22)14-12(13)18-10-8-9(3)6-7-20(10)14/h6-8H,4-5H2,1-3H3. The van der Waals surface area contributed by atoms with Crippen LogP contribution in [0.25, 0.3) is 11.3 Å². The molecule has 0 saturated carbocycles. The maximum atomic E-state index is 12.4. The molecule has 2 aromatic heterocycles. The Kier molecular flexibility index (Phi) is 3.53. The lowest BCUT2D eigenvalue weighted by molar-refractivity contribution is -0.111. The highest BCUT2D eigenvalue weighted by atomic mass is 35.5. The molecule has 0 amide bonds. The highest BCUT2D eigenvalue weighted by molar-refractivity contribution is 6.64. The third kappa shape index (κ3) is 1.96. The van der Waals surface area contributed by atoms with Crippen LogP contribution in [0.1, 0.15) is 35.6 Å². The molecule has 0 aromatic carbocycles. The molecule has 6 heteroatoms. The number of halogens is 1. The van der Waals surface area contributed by atoms with Gasteiger partial charge in [-0.15, -0.1) is 0 Å². The van der Waals surface area contributed by atoms with Crippen LogP contribution in [0.5, 0.6) is 0 Å². The number of fused-ring (bicyclic) bond motifs is 3. The monoisotopic (exact) mass is 317 g/mol. The van der Waals surface area contributed by atoms with Gasteiger partial charge >= 0.3 is 0 Å². The van der Waals surface area contributed by atoms with E-state index in [1.54, 1.807) is 10.6 Å². The molecule has 1 aliphatic rings. The SMILES string of the molecule is CCN(CC)C1=C(Cl)C(=O)C(=O)c2c1nc1cc(C)ccn21. The Bertz CT molecular complexity index is 831. The second-order valence-corrected chi connectivity index (χ2v) is 5.61. The first kappa shape index (κ1) is 14.8. The minimum Gasteiger partial charge on any atom is -0.369 e. The number of imidazole rings is 1. The summed E-state index contributed by atoms with van der Waals surface area (Å²) >= 11 is 6.19. The highest BCUT2D eigenvalue weighted by Crippen LogP contribution is 2.34. The van der Waals surface area contributed by atoms with Crippen molar-refractivity contribution in [1.82, 2.24) is 14.3 Å². The summed E-state index contributed by atoms with van der Waals surface area (Å²) in [5, 5.41) is -0.0404. The predicted octanol–water partition coefficient (Wildman–Crippen LogP) is 2.66. The third-order valence-corrected chi connectivity index (χ3v) is 4.26. The number of rotatable bonds is 3. The van der Waals surface area contributed by atoms with E-state index < -0.39 is 11.6 Å². The summed E-state index contributed by atoms with van der Waals surface area (Å²) in [4.78, 5) is 31.1. The minimum atomic E-state index is -0.668. The summed E-state index contributed by atoms with van der Waals surface area (Å²) < 4.78 is 1.66. The number of aromatic nitrogens is 2. The van der Waals surface area contributed by atoms with Crippen LogP contribution in [0.2, 0.25) is 0 Å². The molecule has 0 unspecified atom stereocenters. The number of hydrogen-bond donors (Lipinski definition) is 0. The molecule has 0 atom stereocenters. The molecule has 0 aliphatic heterocycles. The van der Waals surface area contributed by atoms with Crippen LogP contribution in [-0.2, 0) is 4.79 Å². The van der Waals surface area contributed by atoms with Crippen molar-refractivity contribution in [3.8, 4) is 0 Å². The van der Waals surface area contributed by atoms with E-state index in [0.29, 0.717) is 35.8 Å². The Labute approximate surface area is 133 Å². The summed E-state index contributed by atoms with van der Waals surface area (Å²) in [6.45, 7) is 7.25. The van der Waals surface area contributed by atoms with Gasteiger partial charge in [0.25, 0.3) is 5.78 Å². The molecule has 114 valence electrons. The second-order valence-electron chi connectivity index (χ2n) is 5.23. The molecule has 0 saturated heterocycles. The van der Waals surface area contributed by atoms with Gasteiger partial charge in [-0.3, -0.25) is 14.0 Å². The zero-order chi connectivity index (χ0) is 16.0. The number of carbonyl (C=O) groups excluding carboxylic acids is 2.